The number of carboxylic acids is 1. The first-order chi connectivity index (χ1) is 9.15. The molecule has 10 nitrogen and oxygen atoms in total. The predicted molar refractivity (Wildman–Crippen MR) is 76.6 cm³/mol. The minimum absolute atomic E-state index is 0. The van der Waals surface area contributed by atoms with E-state index in [0.717, 1.165) is 19.3 Å². The second-order valence-electron chi connectivity index (χ2n) is 3.85. The van der Waals surface area contributed by atoms with Crippen LogP contribution in [0.2, 0.25) is 0 Å². The Bertz CT molecular complexity index is 267. The summed E-state index contributed by atoms with van der Waals surface area (Å²) in [6.07, 6.45) is 2.50. The van der Waals surface area contributed by atoms with Gasteiger partial charge >= 0.3 is 5.97 Å². The van der Waals surface area contributed by atoms with Crippen molar-refractivity contribution >= 4 is 11.9 Å². The fraction of sp³-hybridized carbons (Fsp3) is 0.818. The number of rotatable bonds is 2. The van der Waals surface area contributed by atoms with Gasteiger partial charge in [0.1, 0.15) is 6.10 Å². The minimum atomic E-state index is -0.831. The number of carboxylic acid groups (broad SMARTS) is 1. The van der Waals surface area contributed by atoms with Crippen LogP contribution in [0.4, 0.5) is 0 Å². The molecule has 1 amide bonds. The van der Waals surface area contributed by atoms with Crippen LogP contribution in [-0.4, -0.2) is 47.9 Å². The van der Waals surface area contributed by atoms with Crippen LogP contribution in [0, 0.1) is 0 Å². The largest absolute Gasteiger partial charge is 0.479 e. The first-order valence-corrected chi connectivity index (χ1v) is 5.95. The second kappa shape index (κ2) is 15.1. The SMILES string of the molecule is C.NN.NNC(=O)[C@H]1CCCO1.O.O=C(O)[C@H]1CCCO1. The Morgan fingerprint density at radius 3 is 1.71 bits per heavy atom. The summed E-state index contributed by atoms with van der Waals surface area (Å²) in [7, 11) is 0. The highest BCUT2D eigenvalue weighted by Gasteiger charge is 2.22. The van der Waals surface area contributed by atoms with Gasteiger partial charge in [-0.25, -0.2) is 10.6 Å². The number of aliphatic carboxylic acids is 1. The molecule has 2 saturated heterocycles. The van der Waals surface area contributed by atoms with Gasteiger partial charge in [0.05, 0.1) is 0 Å². The van der Waals surface area contributed by atoms with Crippen molar-refractivity contribution in [1.82, 2.24) is 5.43 Å². The number of ether oxygens (including phenoxy) is 2. The molecule has 2 aliphatic rings. The van der Waals surface area contributed by atoms with Crippen LogP contribution in [0.15, 0.2) is 0 Å². The fourth-order valence-electron chi connectivity index (χ4n) is 1.65. The van der Waals surface area contributed by atoms with Gasteiger partial charge in [0, 0.05) is 13.2 Å². The van der Waals surface area contributed by atoms with E-state index < -0.39 is 12.1 Å². The van der Waals surface area contributed by atoms with Gasteiger partial charge in [0.2, 0.25) is 0 Å². The maximum Gasteiger partial charge on any atom is 0.332 e. The van der Waals surface area contributed by atoms with Crippen molar-refractivity contribution in [3.63, 3.8) is 0 Å². The number of nitrogens with two attached hydrogens (primary N) is 3. The average molecular weight is 312 g/mol. The van der Waals surface area contributed by atoms with Gasteiger partial charge in [-0.2, -0.15) is 0 Å². The number of carbonyl (C=O) groups excluding carboxylic acids is 1. The van der Waals surface area contributed by atoms with Crippen molar-refractivity contribution in [2.24, 2.45) is 17.5 Å². The zero-order valence-corrected chi connectivity index (χ0v) is 11.2. The van der Waals surface area contributed by atoms with Gasteiger partial charge in [-0.15, -0.1) is 0 Å². The Morgan fingerprint density at radius 1 is 1.05 bits per heavy atom. The number of carbonyl (C=O) groups is 2. The van der Waals surface area contributed by atoms with E-state index in [-0.39, 0.29) is 24.9 Å². The molecule has 10 heteroatoms. The Labute approximate surface area is 124 Å². The zero-order valence-electron chi connectivity index (χ0n) is 11.2. The molecular formula is C11H28N4O6. The minimum Gasteiger partial charge on any atom is -0.479 e. The third-order valence-electron chi connectivity index (χ3n) is 2.57. The fourth-order valence-corrected chi connectivity index (χ4v) is 1.65. The lowest BCUT2D eigenvalue weighted by atomic mass is 10.2. The van der Waals surface area contributed by atoms with Gasteiger partial charge in [-0.3, -0.25) is 21.9 Å². The van der Waals surface area contributed by atoms with E-state index in [1.165, 1.54) is 0 Å². The van der Waals surface area contributed by atoms with E-state index in [9.17, 15) is 9.59 Å². The zero-order chi connectivity index (χ0) is 14.7. The highest BCUT2D eigenvalue weighted by atomic mass is 16.5. The van der Waals surface area contributed by atoms with E-state index in [0.29, 0.717) is 19.6 Å². The maximum absolute atomic E-state index is 10.7. The summed E-state index contributed by atoms with van der Waals surface area (Å²) in [6, 6.07) is 0. The normalized spacial score (nSPS) is 22.2. The number of amides is 1. The lowest BCUT2D eigenvalue weighted by Crippen LogP contribution is -2.38. The van der Waals surface area contributed by atoms with Gasteiger partial charge in [0.25, 0.3) is 5.91 Å². The van der Waals surface area contributed by atoms with Crippen LogP contribution in [0.25, 0.3) is 0 Å². The summed E-state index contributed by atoms with van der Waals surface area (Å²) in [5.41, 5.74) is 2.04. The highest BCUT2D eigenvalue weighted by Crippen LogP contribution is 2.11. The number of nitrogens with one attached hydrogen (secondary N) is 1. The molecule has 0 aromatic rings. The third kappa shape index (κ3) is 10.1. The lowest BCUT2D eigenvalue weighted by molar-refractivity contribution is -0.147. The number of hydrogen-bond acceptors (Lipinski definition) is 7. The monoisotopic (exact) mass is 312 g/mol. The van der Waals surface area contributed by atoms with Crippen LogP contribution in [-0.2, 0) is 19.1 Å². The molecule has 0 radical (unpaired) electrons. The van der Waals surface area contributed by atoms with Gasteiger partial charge in [0.15, 0.2) is 6.10 Å². The summed E-state index contributed by atoms with van der Waals surface area (Å²) in [6.45, 7) is 1.29. The summed E-state index contributed by atoms with van der Waals surface area (Å²) in [5.74, 6) is 11.8. The Hall–Kier alpha value is -1.30. The van der Waals surface area contributed by atoms with Crippen molar-refractivity contribution in [3.8, 4) is 0 Å². The van der Waals surface area contributed by atoms with Crippen LogP contribution in [0.3, 0.4) is 0 Å². The van der Waals surface area contributed by atoms with E-state index in [1.807, 2.05) is 5.43 Å². The molecule has 2 atom stereocenters. The molecule has 2 rings (SSSR count). The Morgan fingerprint density at radius 2 is 1.48 bits per heavy atom. The molecule has 2 fully saturated rings. The van der Waals surface area contributed by atoms with Crippen LogP contribution in [0.1, 0.15) is 33.1 Å². The molecule has 10 N–H and O–H groups in total. The molecular weight excluding hydrogens is 284 g/mol. The van der Waals surface area contributed by atoms with Crippen molar-refractivity contribution < 1.29 is 29.6 Å². The molecule has 0 unspecified atom stereocenters. The molecule has 0 spiro atoms. The van der Waals surface area contributed by atoms with E-state index in [2.05, 4.69) is 11.7 Å². The van der Waals surface area contributed by atoms with Crippen molar-refractivity contribution in [2.45, 2.75) is 45.3 Å². The first kappa shape index (κ1) is 24.7. The maximum atomic E-state index is 10.7. The third-order valence-corrected chi connectivity index (χ3v) is 2.57. The molecule has 21 heavy (non-hydrogen) atoms. The molecule has 2 heterocycles. The predicted octanol–water partition coefficient (Wildman–Crippen LogP) is -1.96. The molecule has 128 valence electrons. The van der Waals surface area contributed by atoms with Crippen LogP contribution >= 0.6 is 0 Å². The topological polar surface area (TPSA) is 194 Å². The van der Waals surface area contributed by atoms with Gasteiger partial charge in [-0.1, -0.05) is 7.43 Å². The quantitative estimate of drug-likeness (QED) is 0.220. The summed E-state index contributed by atoms with van der Waals surface area (Å²) < 4.78 is 9.83. The molecule has 0 aromatic carbocycles. The van der Waals surface area contributed by atoms with Gasteiger partial charge in [-0.05, 0) is 25.7 Å². The molecule has 0 bridgehead atoms. The highest BCUT2D eigenvalue weighted by molar-refractivity contribution is 5.80. The average Bonchev–Trinajstić information content (AvgIpc) is 3.13. The number of hydrogen-bond donors (Lipinski definition) is 5. The number of hydrazine groups is 2. The van der Waals surface area contributed by atoms with E-state index in [4.69, 9.17) is 20.4 Å². The molecule has 0 aliphatic carbocycles. The summed E-state index contributed by atoms with van der Waals surface area (Å²) in [5, 5.41) is 8.29. The summed E-state index contributed by atoms with van der Waals surface area (Å²) >= 11 is 0. The molecule has 2 aliphatic heterocycles. The van der Waals surface area contributed by atoms with Crippen LogP contribution < -0.4 is 23.0 Å². The Kier molecular flexibility index (Phi) is 17.8. The first-order valence-electron chi connectivity index (χ1n) is 5.95. The smallest absolute Gasteiger partial charge is 0.332 e. The lowest BCUT2D eigenvalue weighted by Gasteiger charge is -2.04. The summed E-state index contributed by atoms with van der Waals surface area (Å²) in [4.78, 5) is 20.7. The molecule has 0 saturated carbocycles. The van der Waals surface area contributed by atoms with Gasteiger partial charge < -0.3 is 20.1 Å². The van der Waals surface area contributed by atoms with E-state index in [1.54, 1.807) is 0 Å². The molecule has 0 aromatic heterocycles. The van der Waals surface area contributed by atoms with Crippen molar-refractivity contribution in [3.05, 3.63) is 0 Å². The van der Waals surface area contributed by atoms with Crippen molar-refractivity contribution in [2.75, 3.05) is 13.2 Å². The van der Waals surface area contributed by atoms with Crippen LogP contribution in [0.5, 0.6) is 0 Å². The van der Waals surface area contributed by atoms with E-state index >= 15 is 0 Å². The standard InChI is InChI=1S/C5H10N2O2.C5H8O3.CH4.H4N2.H2O/c6-7-5(8)4-2-1-3-9-4;6-5(7)4-2-1-3-8-4;;1-2;/h4H,1-3,6H2,(H,7,8);4H,1-3H2,(H,6,7);1H4;1-2H2;1H2/t2*4-;;;/m11.../s1. The second-order valence-corrected chi connectivity index (χ2v) is 3.85. The van der Waals surface area contributed by atoms with Crippen molar-refractivity contribution in [1.29, 1.82) is 0 Å². The Balaban J connectivity index is -0.000000255.